The van der Waals surface area contributed by atoms with Crippen molar-refractivity contribution < 1.29 is 4.42 Å². The molecule has 0 amide bonds. The number of benzene rings is 6. The van der Waals surface area contributed by atoms with Crippen LogP contribution in [0.1, 0.15) is 0 Å². The molecule has 0 radical (unpaired) electrons. The second-order valence-electron chi connectivity index (χ2n) is 13.2. The SMILES string of the molecule is c1ccc(-c2cccc(-n3c4ccccc4c4c5sc6c(ccc7c6c6ccccc6n7-c6ccc7oc8cc[nH]c8c7c6)c5ccc43)c2)nc1. The summed E-state index contributed by atoms with van der Waals surface area (Å²) in [6.07, 6.45) is 3.79. The lowest BCUT2D eigenvalue weighted by atomic mass is 10.1. The summed E-state index contributed by atoms with van der Waals surface area (Å²) in [5.74, 6) is 0. The Balaban J connectivity index is 1.15. The Bertz CT molecular complexity index is 3370. The maximum atomic E-state index is 6.11. The molecule has 238 valence electrons. The summed E-state index contributed by atoms with van der Waals surface area (Å²) >= 11 is 1.92. The number of para-hydroxylation sites is 2. The van der Waals surface area contributed by atoms with E-state index in [1.54, 1.807) is 0 Å². The summed E-state index contributed by atoms with van der Waals surface area (Å²) < 4.78 is 13.6. The second kappa shape index (κ2) is 9.97. The minimum absolute atomic E-state index is 0.880. The first-order valence-electron chi connectivity index (χ1n) is 17.1. The van der Waals surface area contributed by atoms with Crippen molar-refractivity contribution in [2.45, 2.75) is 0 Å². The van der Waals surface area contributed by atoms with E-state index >= 15 is 0 Å². The van der Waals surface area contributed by atoms with Gasteiger partial charge in [-0.1, -0.05) is 66.7 Å². The fraction of sp³-hybridized carbons (Fsp3) is 0. The van der Waals surface area contributed by atoms with Crippen molar-refractivity contribution in [1.82, 2.24) is 19.1 Å². The molecule has 6 aromatic heterocycles. The van der Waals surface area contributed by atoms with Gasteiger partial charge in [-0.2, -0.15) is 0 Å². The summed E-state index contributed by atoms with van der Waals surface area (Å²) in [4.78, 5) is 8.01. The average Bonchev–Trinajstić information content (AvgIpc) is 4.00. The number of aromatic amines is 1. The average molecular weight is 671 g/mol. The van der Waals surface area contributed by atoms with E-state index in [0.29, 0.717) is 0 Å². The minimum Gasteiger partial charge on any atom is -0.454 e. The Labute approximate surface area is 294 Å². The molecule has 0 aliphatic heterocycles. The first kappa shape index (κ1) is 27.2. The molecular weight excluding hydrogens is 645 g/mol. The van der Waals surface area contributed by atoms with Gasteiger partial charge in [0.2, 0.25) is 0 Å². The quantitative estimate of drug-likeness (QED) is 0.203. The van der Waals surface area contributed by atoms with Crippen LogP contribution in [0, 0.1) is 0 Å². The van der Waals surface area contributed by atoms with Crippen LogP contribution < -0.4 is 0 Å². The molecule has 12 rings (SSSR count). The van der Waals surface area contributed by atoms with Crippen LogP contribution in [0.25, 0.3) is 108 Å². The number of nitrogens with zero attached hydrogens (tertiary/aromatic N) is 3. The van der Waals surface area contributed by atoms with Crippen molar-refractivity contribution in [2.75, 3.05) is 0 Å². The Hall–Kier alpha value is -6.63. The van der Waals surface area contributed by atoms with Gasteiger partial charge in [-0.3, -0.25) is 4.98 Å². The number of nitrogens with one attached hydrogen (secondary N) is 1. The van der Waals surface area contributed by atoms with Crippen LogP contribution in [0.5, 0.6) is 0 Å². The number of aromatic nitrogens is 4. The van der Waals surface area contributed by atoms with Crippen LogP contribution in [0.4, 0.5) is 0 Å². The van der Waals surface area contributed by atoms with Crippen molar-refractivity contribution in [2.24, 2.45) is 0 Å². The number of furan rings is 1. The highest BCUT2D eigenvalue weighted by Crippen LogP contribution is 2.47. The Morgan fingerprint density at radius 2 is 1.20 bits per heavy atom. The van der Waals surface area contributed by atoms with Crippen molar-refractivity contribution in [3.05, 3.63) is 152 Å². The number of H-pyrrole nitrogens is 1. The number of thiophene rings is 1. The van der Waals surface area contributed by atoms with E-state index in [2.05, 4.69) is 140 Å². The summed E-state index contributed by atoms with van der Waals surface area (Å²) in [5.41, 5.74) is 11.9. The van der Waals surface area contributed by atoms with E-state index in [4.69, 9.17) is 4.42 Å². The Morgan fingerprint density at radius 3 is 1.90 bits per heavy atom. The topological polar surface area (TPSA) is 51.7 Å². The van der Waals surface area contributed by atoms with Gasteiger partial charge in [0.1, 0.15) is 5.58 Å². The summed E-state index contributed by atoms with van der Waals surface area (Å²) in [6, 6.07) is 50.2. The zero-order valence-electron chi connectivity index (χ0n) is 27.1. The van der Waals surface area contributed by atoms with Gasteiger partial charge in [0.05, 0.1) is 33.3 Å². The molecule has 0 spiro atoms. The molecule has 6 heterocycles. The molecule has 0 aliphatic carbocycles. The summed E-state index contributed by atoms with van der Waals surface area (Å²) in [5, 5.41) is 8.78. The lowest BCUT2D eigenvalue weighted by Gasteiger charge is -2.10. The van der Waals surface area contributed by atoms with E-state index in [-0.39, 0.29) is 0 Å². The van der Waals surface area contributed by atoms with Crippen LogP contribution in [0.2, 0.25) is 0 Å². The fourth-order valence-corrected chi connectivity index (χ4v) is 9.81. The Kier molecular flexibility index (Phi) is 5.32. The zero-order valence-corrected chi connectivity index (χ0v) is 27.9. The van der Waals surface area contributed by atoms with Crippen molar-refractivity contribution in [1.29, 1.82) is 0 Å². The van der Waals surface area contributed by atoms with Gasteiger partial charge in [-0.05, 0) is 72.8 Å². The number of rotatable bonds is 3. The molecule has 0 atom stereocenters. The lowest BCUT2D eigenvalue weighted by Crippen LogP contribution is -1.94. The molecular formula is C45H26N4OS. The number of hydrogen-bond donors (Lipinski definition) is 1. The first-order valence-corrected chi connectivity index (χ1v) is 17.9. The molecule has 51 heavy (non-hydrogen) atoms. The molecule has 6 heteroatoms. The van der Waals surface area contributed by atoms with Crippen molar-refractivity contribution >= 4 is 97.2 Å². The van der Waals surface area contributed by atoms with Crippen LogP contribution in [0.3, 0.4) is 0 Å². The molecule has 0 fully saturated rings. The number of hydrogen-bond acceptors (Lipinski definition) is 3. The van der Waals surface area contributed by atoms with Gasteiger partial charge in [0.15, 0.2) is 5.58 Å². The maximum Gasteiger partial charge on any atom is 0.153 e. The highest BCUT2D eigenvalue weighted by molar-refractivity contribution is 7.27. The molecule has 0 saturated carbocycles. The van der Waals surface area contributed by atoms with E-state index < -0.39 is 0 Å². The van der Waals surface area contributed by atoms with E-state index in [1.807, 2.05) is 41.9 Å². The zero-order chi connectivity index (χ0) is 33.2. The van der Waals surface area contributed by atoms with Crippen molar-refractivity contribution in [3.63, 3.8) is 0 Å². The van der Waals surface area contributed by atoms with E-state index in [1.165, 1.54) is 63.8 Å². The maximum absolute atomic E-state index is 6.11. The summed E-state index contributed by atoms with van der Waals surface area (Å²) in [7, 11) is 0. The molecule has 0 aliphatic rings. The standard InChI is InChI=1S/C45H26N4OS/c1-3-13-35-31(10-1)41-37(48(35)27-9-7-8-26(24-27)34-12-5-6-22-46-34)18-16-29-30-17-19-38-42(45(30)51-44(29)41)32-11-2-4-14-36(32)49(38)28-15-20-39-33(25-28)43-40(50-39)21-23-47-43/h1-25,47H. The van der Waals surface area contributed by atoms with Gasteiger partial charge in [-0.15, -0.1) is 11.3 Å². The fourth-order valence-electron chi connectivity index (χ4n) is 8.40. The van der Waals surface area contributed by atoms with Crippen LogP contribution in [0.15, 0.2) is 156 Å². The predicted octanol–water partition coefficient (Wildman–Crippen LogP) is 12.5. The monoisotopic (exact) mass is 670 g/mol. The smallest absolute Gasteiger partial charge is 0.153 e. The molecule has 5 nitrogen and oxygen atoms in total. The van der Waals surface area contributed by atoms with Gasteiger partial charge < -0.3 is 18.5 Å². The van der Waals surface area contributed by atoms with Gasteiger partial charge in [0.25, 0.3) is 0 Å². The number of pyridine rings is 1. The van der Waals surface area contributed by atoms with E-state index in [9.17, 15) is 0 Å². The highest BCUT2D eigenvalue weighted by Gasteiger charge is 2.22. The third-order valence-corrected chi connectivity index (χ3v) is 11.8. The van der Waals surface area contributed by atoms with Crippen LogP contribution in [-0.4, -0.2) is 19.1 Å². The molecule has 0 unspecified atom stereocenters. The van der Waals surface area contributed by atoms with Crippen LogP contribution in [-0.2, 0) is 0 Å². The molecule has 6 aromatic carbocycles. The normalized spacial score (nSPS) is 12.3. The number of fused-ring (bicyclic) bond motifs is 14. The molecule has 0 bridgehead atoms. The highest BCUT2D eigenvalue weighted by atomic mass is 32.1. The predicted molar refractivity (Wildman–Crippen MR) is 213 cm³/mol. The third-order valence-electron chi connectivity index (χ3n) is 10.6. The second-order valence-corrected chi connectivity index (χ2v) is 14.3. The molecule has 1 N–H and O–H groups in total. The van der Waals surface area contributed by atoms with E-state index in [0.717, 1.165) is 44.7 Å². The first-order chi connectivity index (χ1) is 25.3. The molecule has 0 saturated heterocycles. The Morgan fingerprint density at radius 1 is 0.510 bits per heavy atom. The van der Waals surface area contributed by atoms with Crippen molar-refractivity contribution in [3.8, 4) is 22.6 Å². The third kappa shape index (κ3) is 3.66. The minimum atomic E-state index is 0.880. The van der Waals surface area contributed by atoms with Gasteiger partial charge in [0, 0.05) is 76.4 Å². The largest absolute Gasteiger partial charge is 0.454 e. The summed E-state index contributed by atoms with van der Waals surface area (Å²) in [6.45, 7) is 0. The van der Waals surface area contributed by atoms with Crippen LogP contribution >= 0.6 is 11.3 Å². The lowest BCUT2D eigenvalue weighted by molar-refractivity contribution is 0.669. The van der Waals surface area contributed by atoms with Gasteiger partial charge >= 0.3 is 0 Å². The van der Waals surface area contributed by atoms with Gasteiger partial charge in [-0.25, -0.2) is 0 Å². The molecule has 12 aromatic rings.